The van der Waals surface area contributed by atoms with E-state index in [1.165, 1.54) is 22.9 Å². The molecule has 0 aliphatic carbocycles. The van der Waals surface area contributed by atoms with Crippen LogP contribution >= 0.6 is 0 Å². The summed E-state index contributed by atoms with van der Waals surface area (Å²) in [5.74, 6) is 0.207. The van der Waals surface area contributed by atoms with Crippen LogP contribution in [0.15, 0.2) is 41.3 Å². The van der Waals surface area contributed by atoms with Crippen LogP contribution in [0.2, 0.25) is 18.1 Å². The molecule has 0 radical (unpaired) electrons. The maximum Gasteiger partial charge on any atom is 0.416 e. The van der Waals surface area contributed by atoms with E-state index in [1.807, 2.05) is 6.92 Å². The van der Waals surface area contributed by atoms with Crippen molar-refractivity contribution in [3.05, 3.63) is 63.6 Å². The van der Waals surface area contributed by atoms with Gasteiger partial charge in [0.05, 0.1) is 17.7 Å². The number of rotatable bonds is 4. The lowest BCUT2D eigenvalue weighted by atomic mass is 9.85. The molecule has 0 saturated heterocycles. The summed E-state index contributed by atoms with van der Waals surface area (Å²) in [6.07, 6.45) is -4.64. The van der Waals surface area contributed by atoms with Gasteiger partial charge in [-0.15, -0.1) is 0 Å². The Morgan fingerprint density at radius 3 is 2.29 bits per heavy atom. The average Bonchev–Trinajstić information content (AvgIpc) is 2.67. The maximum atomic E-state index is 13.4. The number of hydrogen-bond donors (Lipinski definition) is 1. The Morgan fingerprint density at radius 2 is 1.76 bits per heavy atom. The van der Waals surface area contributed by atoms with E-state index in [-0.39, 0.29) is 22.5 Å². The number of fused-ring (bicyclic) bond motifs is 1. The lowest BCUT2D eigenvalue weighted by molar-refractivity contribution is -0.137. The topological polar surface area (TPSA) is 60.7 Å². The predicted octanol–water partition coefficient (Wildman–Crippen LogP) is 6.07. The van der Waals surface area contributed by atoms with Crippen molar-refractivity contribution in [2.45, 2.75) is 89.7 Å². The first-order valence-corrected chi connectivity index (χ1v) is 14.2. The first-order valence-electron chi connectivity index (χ1n) is 11.3. The van der Waals surface area contributed by atoms with Crippen LogP contribution in [0, 0.1) is 0 Å². The molecular weight excluding hydrogens is 463 g/mol. The van der Waals surface area contributed by atoms with Crippen LogP contribution in [-0.2, 0) is 10.6 Å². The minimum Gasteiger partial charge on any atom is -0.485 e. The van der Waals surface area contributed by atoms with Gasteiger partial charge in [0.15, 0.2) is 8.32 Å². The number of hydrogen-bond acceptors (Lipinski definition) is 4. The van der Waals surface area contributed by atoms with Gasteiger partial charge in [-0.2, -0.15) is 13.2 Å². The molecule has 1 aliphatic rings. The highest BCUT2D eigenvalue weighted by Crippen LogP contribution is 2.44. The van der Waals surface area contributed by atoms with Gasteiger partial charge in [0.25, 0.3) is 5.56 Å². The van der Waals surface area contributed by atoms with Crippen LogP contribution in [0.1, 0.15) is 70.4 Å². The zero-order valence-electron chi connectivity index (χ0n) is 20.9. The predicted molar refractivity (Wildman–Crippen MR) is 128 cm³/mol. The van der Waals surface area contributed by atoms with Crippen molar-refractivity contribution in [2.75, 3.05) is 0 Å². The quantitative estimate of drug-likeness (QED) is 0.521. The van der Waals surface area contributed by atoms with Crippen LogP contribution in [0.4, 0.5) is 13.2 Å². The van der Waals surface area contributed by atoms with Gasteiger partial charge in [-0.3, -0.25) is 4.79 Å². The van der Waals surface area contributed by atoms with Crippen molar-refractivity contribution in [2.24, 2.45) is 0 Å². The molecule has 5 nitrogen and oxygen atoms in total. The van der Waals surface area contributed by atoms with Crippen molar-refractivity contribution < 1.29 is 27.4 Å². The molecule has 188 valence electrons. The summed E-state index contributed by atoms with van der Waals surface area (Å²) in [6.45, 7) is 15.8. The summed E-state index contributed by atoms with van der Waals surface area (Å²) >= 11 is 0. The molecule has 1 unspecified atom stereocenters. The molecule has 3 atom stereocenters. The Hall–Kier alpha value is -2.10. The van der Waals surface area contributed by atoms with E-state index in [2.05, 4.69) is 33.9 Å². The summed E-state index contributed by atoms with van der Waals surface area (Å²) in [7, 11) is -2.09. The molecule has 9 heteroatoms. The van der Waals surface area contributed by atoms with E-state index in [1.54, 1.807) is 19.9 Å². The van der Waals surface area contributed by atoms with Crippen molar-refractivity contribution in [3.8, 4) is 5.75 Å². The van der Waals surface area contributed by atoms with Gasteiger partial charge < -0.3 is 18.8 Å². The largest absolute Gasteiger partial charge is 0.485 e. The minimum absolute atomic E-state index is 0.00602. The molecule has 1 aromatic heterocycles. The molecule has 0 amide bonds. The fourth-order valence-corrected chi connectivity index (χ4v) is 5.29. The zero-order chi connectivity index (χ0) is 25.9. The van der Waals surface area contributed by atoms with Gasteiger partial charge in [-0.05, 0) is 68.7 Å². The first kappa shape index (κ1) is 26.5. The van der Waals surface area contributed by atoms with Crippen LogP contribution in [-0.4, -0.2) is 29.7 Å². The van der Waals surface area contributed by atoms with E-state index >= 15 is 0 Å². The van der Waals surface area contributed by atoms with Crippen LogP contribution in [0.5, 0.6) is 5.75 Å². The van der Waals surface area contributed by atoms with Crippen molar-refractivity contribution in [3.63, 3.8) is 0 Å². The summed E-state index contributed by atoms with van der Waals surface area (Å²) in [4.78, 5) is 13.2. The number of pyridine rings is 1. The Morgan fingerprint density at radius 1 is 1.15 bits per heavy atom. The molecule has 1 N–H and O–H groups in total. The highest BCUT2D eigenvalue weighted by molar-refractivity contribution is 6.74. The maximum absolute atomic E-state index is 13.4. The van der Waals surface area contributed by atoms with Gasteiger partial charge in [0.2, 0.25) is 0 Å². The van der Waals surface area contributed by atoms with E-state index in [9.17, 15) is 23.1 Å². The highest BCUT2D eigenvalue weighted by Gasteiger charge is 2.45. The Labute approximate surface area is 199 Å². The van der Waals surface area contributed by atoms with Crippen molar-refractivity contribution >= 4 is 8.32 Å². The normalized spacial score (nSPS) is 21.5. The van der Waals surface area contributed by atoms with Gasteiger partial charge in [0.1, 0.15) is 17.5 Å². The Balaban J connectivity index is 2.05. The summed E-state index contributed by atoms with van der Waals surface area (Å²) < 4.78 is 53.6. The standard InChI is InChI=1S/C25H34F3NO4Si/c1-15(33-34(7,8)23(2,3)4)16-11-12-29(20(30)13-16)21-18-14-17(25(26,27)28)9-10-19(18)32-24(5,6)22(21)31/h9-15,21-22,31H,1-8H3/t15?,21-,22+/m1/s1. The molecular formula is C25H34F3NO4Si. The van der Waals surface area contributed by atoms with Gasteiger partial charge >= 0.3 is 6.18 Å². The number of ether oxygens (including phenoxy) is 1. The van der Waals surface area contributed by atoms with E-state index in [0.29, 0.717) is 5.56 Å². The molecule has 2 heterocycles. The first-order chi connectivity index (χ1) is 15.3. The molecule has 3 rings (SSSR count). The number of aliphatic hydroxyl groups excluding tert-OH is 1. The molecule has 1 aliphatic heterocycles. The van der Waals surface area contributed by atoms with Crippen molar-refractivity contribution in [1.29, 1.82) is 0 Å². The smallest absolute Gasteiger partial charge is 0.416 e. The zero-order valence-corrected chi connectivity index (χ0v) is 21.9. The van der Waals surface area contributed by atoms with Crippen LogP contribution in [0.3, 0.4) is 0 Å². The lowest BCUT2D eigenvalue weighted by Crippen LogP contribution is -2.52. The number of aliphatic hydroxyl groups is 1. The second-order valence-corrected chi connectivity index (χ2v) is 15.8. The Kier molecular flexibility index (Phi) is 6.65. The third-order valence-corrected chi connectivity index (χ3v) is 11.6. The molecule has 0 saturated carbocycles. The minimum atomic E-state index is -4.57. The summed E-state index contributed by atoms with van der Waals surface area (Å²) in [6, 6.07) is 5.24. The fraction of sp³-hybridized carbons (Fsp3) is 0.560. The molecule has 2 aromatic rings. The summed E-state index contributed by atoms with van der Waals surface area (Å²) in [5, 5.41) is 11.0. The number of alkyl halides is 3. The van der Waals surface area contributed by atoms with Gasteiger partial charge in [-0.1, -0.05) is 20.8 Å². The monoisotopic (exact) mass is 497 g/mol. The number of nitrogens with zero attached hydrogens (tertiary/aromatic N) is 1. The van der Waals surface area contributed by atoms with E-state index in [4.69, 9.17) is 9.16 Å². The number of halogens is 3. The van der Waals surface area contributed by atoms with Gasteiger partial charge in [-0.25, -0.2) is 0 Å². The lowest BCUT2D eigenvalue weighted by Gasteiger charge is -2.43. The summed E-state index contributed by atoms with van der Waals surface area (Å²) in [5.41, 5.74) is -1.63. The number of benzene rings is 1. The fourth-order valence-electron chi connectivity index (χ4n) is 3.92. The highest BCUT2D eigenvalue weighted by atomic mass is 28.4. The molecule has 0 fully saturated rings. The third-order valence-electron chi connectivity index (χ3n) is 7.06. The molecule has 34 heavy (non-hydrogen) atoms. The second kappa shape index (κ2) is 8.53. The Bertz CT molecular complexity index is 1120. The second-order valence-electron chi connectivity index (χ2n) is 11.1. The molecule has 0 bridgehead atoms. The average molecular weight is 498 g/mol. The van der Waals surface area contributed by atoms with Crippen LogP contribution in [0.25, 0.3) is 0 Å². The van der Waals surface area contributed by atoms with Gasteiger partial charge in [0, 0.05) is 17.8 Å². The van der Waals surface area contributed by atoms with Crippen molar-refractivity contribution in [1.82, 2.24) is 4.57 Å². The molecule has 0 spiro atoms. The van der Waals surface area contributed by atoms with Crippen LogP contribution < -0.4 is 10.3 Å². The third kappa shape index (κ3) is 4.97. The SMILES string of the molecule is CC(O[Si](C)(C)C(C)(C)C)c1ccn([C@@H]2c3cc(C(F)(F)F)ccc3OC(C)(C)[C@H]2O)c(=O)c1. The number of aromatic nitrogens is 1. The van der Waals surface area contributed by atoms with E-state index < -0.39 is 43.4 Å². The molecule has 1 aromatic carbocycles. The van der Waals surface area contributed by atoms with E-state index in [0.717, 1.165) is 12.1 Å².